The number of para-hydroxylation sites is 2. The molecule has 0 aromatic heterocycles. The van der Waals surface area contributed by atoms with Crippen LogP contribution in [0.1, 0.15) is 101 Å². The molecule has 0 radical (unpaired) electrons. The number of nitrogens with one attached hydrogen (secondary N) is 2. The average Bonchev–Trinajstić information content (AvgIpc) is 3.12. The van der Waals surface area contributed by atoms with Crippen molar-refractivity contribution >= 4 is 23.6 Å². The zero-order chi connectivity index (χ0) is 36.8. The second kappa shape index (κ2) is 19.6. The number of benzene rings is 2. The Morgan fingerprint density at radius 2 is 0.920 bits per heavy atom. The van der Waals surface area contributed by atoms with Gasteiger partial charge in [-0.25, -0.2) is 0 Å². The van der Waals surface area contributed by atoms with E-state index in [0.29, 0.717) is 22.6 Å². The Morgan fingerprint density at radius 3 is 1.28 bits per heavy atom. The normalized spacial score (nSPS) is 26.9. The highest BCUT2D eigenvalue weighted by molar-refractivity contribution is 6.00. The minimum atomic E-state index is -0.557. The first-order valence-corrected chi connectivity index (χ1v) is 17.8. The Labute approximate surface area is 298 Å². The average molecular weight is 689 g/mol. The Kier molecular flexibility index (Phi) is 15.6. The Morgan fingerprint density at radius 1 is 0.580 bits per heavy atom. The van der Waals surface area contributed by atoms with Gasteiger partial charge in [0.05, 0.1) is 23.3 Å². The summed E-state index contributed by atoms with van der Waals surface area (Å²) in [5, 5.41) is 6.08. The van der Waals surface area contributed by atoms with Crippen LogP contribution >= 0.6 is 0 Å². The fraction of sp³-hybridized carbons (Fsp3) is 0.500. The van der Waals surface area contributed by atoms with Crippen LogP contribution in [0.2, 0.25) is 0 Å². The molecule has 4 rings (SSSR count). The van der Waals surface area contributed by atoms with Gasteiger partial charge in [0, 0.05) is 39.0 Å². The third kappa shape index (κ3) is 11.2. The van der Waals surface area contributed by atoms with Gasteiger partial charge >= 0.3 is 0 Å². The van der Waals surface area contributed by atoms with Gasteiger partial charge in [-0.2, -0.15) is 0 Å². The van der Waals surface area contributed by atoms with Crippen LogP contribution in [0.15, 0.2) is 72.8 Å². The summed E-state index contributed by atoms with van der Waals surface area (Å²) in [6.07, 6.45) is 13.0. The number of carbonyl (C=O) groups excluding carboxylic acids is 4. The lowest BCUT2D eigenvalue weighted by atomic mass is 10.1. The number of carbonyl (C=O) groups is 4. The molecule has 6 atom stereocenters. The number of rotatable bonds is 2. The monoisotopic (exact) mass is 688 g/mol. The number of hydrogen-bond donors (Lipinski definition) is 2. The number of likely N-dealkylation sites (N-methyl/N-ethyl adjacent to an activating group) is 2. The van der Waals surface area contributed by atoms with Gasteiger partial charge in [-0.05, 0) is 77.6 Å². The second-order valence-electron chi connectivity index (χ2n) is 13.1. The maximum atomic E-state index is 12.9. The van der Waals surface area contributed by atoms with Crippen molar-refractivity contribution in [2.24, 2.45) is 0 Å². The molecule has 0 saturated heterocycles. The van der Waals surface area contributed by atoms with Crippen LogP contribution in [0, 0.1) is 0 Å². The molecule has 2 aromatic rings. The minimum absolute atomic E-state index is 0.0365. The topological polar surface area (TPSA) is 117 Å². The highest BCUT2D eigenvalue weighted by Gasteiger charge is 2.28. The molecule has 4 amide bonds. The molecule has 0 unspecified atom stereocenters. The van der Waals surface area contributed by atoms with Gasteiger partial charge in [-0.15, -0.1) is 0 Å². The van der Waals surface area contributed by atoms with Crippen molar-refractivity contribution in [3.8, 4) is 11.5 Å². The molecule has 2 aromatic carbocycles. The van der Waals surface area contributed by atoms with Crippen LogP contribution in [-0.2, 0) is 9.59 Å². The first-order valence-electron chi connectivity index (χ1n) is 17.8. The van der Waals surface area contributed by atoms with Crippen LogP contribution < -0.4 is 20.1 Å². The lowest BCUT2D eigenvalue weighted by molar-refractivity contribution is -0.126. The van der Waals surface area contributed by atoms with Gasteiger partial charge < -0.3 is 29.9 Å². The molecule has 10 heteroatoms. The molecular formula is C40H56N4O6. The van der Waals surface area contributed by atoms with Crippen molar-refractivity contribution in [2.45, 2.75) is 116 Å². The highest BCUT2D eigenvalue weighted by Crippen LogP contribution is 2.24. The maximum Gasteiger partial charge on any atom is 0.258 e. The van der Waals surface area contributed by atoms with Gasteiger partial charge in [-0.1, -0.05) is 62.4 Å². The number of nitrogens with zero attached hydrogens (tertiary/aromatic N) is 2. The summed E-state index contributed by atoms with van der Waals surface area (Å²) in [6.45, 7) is 11.6. The van der Waals surface area contributed by atoms with Crippen LogP contribution in [0.5, 0.6) is 11.5 Å². The van der Waals surface area contributed by atoms with E-state index in [-0.39, 0.29) is 47.9 Å². The number of fused-ring (bicyclic) bond motifs is 2. The summed E-state index contributed by atoms with van der Waals surface area (Å²) in [6, 6.07) is 13.4. The minimum Gasteiger partial charge on any atom is -0.490 e. The third-order valence-corrected chi connectivity index (χ3v) is 9.24. The molecule has 2 aliphatic heterocycles. The van der Waals surface area contributed by atoms with Crippen molar-refractivity contribution < 1.29 is 28.7 Å². The summed E-state index contributed by atoms with van der Waals surface area (Å²) < 4.78 is 12.0. The van der Waals surface area contributed by atoms with E-state index in [4.69, 9.17) is 9.47 Å². The Bertz CT molecular complexity index is 1390. The number of amides is 4. The largest absolute Gasteiger partial charge is 0.490 e. The van der Waals surface area contributed by atoms with Gasteiger partial charge in [0.1, 0.15) is 23.6 Å². The Hall–Kier alpha value is -4.60. The van der Waals surface area contributed by atoms with Crippen LogP contribution in [-0.4, -0.2) is 83.9 Å². The SMILES string of the molecule is CC[C@@H]1C/C=C/C[C@H](C)Oc2ccccc2C(=O)N(C)[C@H](C)C(=O)N1.CC[C@@H]1C/C=C\C[C@H](C)Oc2ccccc2C(=O)N(C)[C@H](C)C(=O)N1. The van der Waals surface area contributed by atoms with Crippen molar-refractivity contribution in [2.75, 3.05) is 14.1 Å². The first kappa shape index (κ1) is 39.8. The zero-order valence-electron chi connectivity index (χ0n) is 31.0. The standard InChI is InChI=1S/2C20H28N2O3/c2*1-5-16-11-7-6-10-14(2)25-18-13-9-8-12-17(18)20(24)22(4)15(3)19(23)21-16/h2*6-9,12-16H,5,10-11H2,1-4H3,(H,21,23)/b7-6+;7-6-/t2*14-,15+,16+/m00/s1. The molecule has 0 spiro atoms. The first-order chi connectivity index (χ1) is 23.9. The fourth-order valence-corrected chi connectivity index (χ4v) is 5.50. The van der Waals surface area contributed by atoms with Gasteiger partial charge in [-0.3, -0.25) is 19.2 Å². The highest BCUT2D eigenvalue weighted by atomic mass is 16.5. The maximum absolute atomic E-state index is 12.9. The van der Waals surface area contributed by atoms with Crippen molar-refractivity contribution in [3.05, 3.63) is 84.0 Å². The summed E-state index contributed by atoms with van der Waals surface area (Å²) in [5.41, 5.74) is 0.953. The summed E-state index contributed by atoms with van der Waals surface area (Å²) in [4.78, 5) is 53.7. The molecule has 272 valence electrons. The van der Waals surface area contributed by atoms with E-state index in [1.807, 2.05) is 39.8 Å². The van der Waals surface area contributed by atoms with E-state index in [0.717, 1.165) is 38.5 Å². The smallest absolute Gasteiger partial charge is 0.258 e. The summed E-state index contributed by atoms with van der Waals surface area (Å²) in [7, 11) is 3.30. The van der Waals surface area contributed by atoms with E-state index >= 15 is 0 Å². The quantitative estimate of drug-likeness (QED) is 0.357. The zero-order valence-corrected chi connectivity index (χ0v) is 31.0. The van der Waals surface area contributed by atoms with Crippen molar-refractivity contribution in [1.82, 2.24) is 20.4 Å². The van der Waals surface area contributed by atoms with Crippen LogP contribution in [0.3, 0.4) is 0 Å². The summed E-state index contributed by atoms with van der Waals surface area (Å²) >= 11 is 0. The van der Waals surface area contributed by atoms with Crippen LogP contribution in [0.4, 0.5) is 0 Å². The second-order valence-corrected chi connectivity index (χ2v) is 13.1. The molecule has 2 heterocycles. The predicted octanol–water partition coefficient (Wildman–Crippen LogP) is 6.32. The Balaban J connectivity index is 0.000000270. The van der Waals surface area contributed by atoms with Gasteiger partial charge in [0.2, 0.25) is 11.8 Å². The lowest BCUT2D eigenvalue weighted by Crippen LogP contribution is -2.48. The van der Waals surface area contributed by atoms with Gasteiger partial charge in [0.25, 0.3) is 11.8 Å². The van der Waals surface area contributed by atoms with Gasteiger partial charge in [0.15, 0.2) is 0 Å². The van der Waals surface area contributed by atoms with Crippen LogP contribution in [0.25, 0.3) is 0 Å². The van der Waals surface area contributed by atoms with E-state index in [1.54, 1.807) is 64.3 Å². The fourth-order valence-electron chi connectivity index (χ4n) is 5.50. The molecule has 0 saturated carbocycles. The van der Waals surface area contributed by atoms with E-state index < -0.39 is 12.1 Å². The molecule has 0 fully saturated rings. The molecule has 0 bridgehead atoms. The lowest BCUT2D eigenvalue weighted by Gasteiger charge is -2.27. The molecule has 0 aliphatic carbocycles. The predicted molar refractivity (Wildman–Crippen MR) is 197 cm³/mol. The number of ether oxygens (including phenoxy) is 2. The molecule has 50 heavy (non-hydrogen) atoms. The molecule has 2 N–H and O–H groups in total. The molecular weight excluding hydrogens is 632 g/mol. The van der Waals surface area contributed by atoms with Crippen molar-refractivity contribution in [3.63, 3.8) is 0 Å². The van der Waals surface area contributed by atoms with Crippen molar-refractivity contribution in [1.29, 1.82) is 0 Å². The third-order valence-electron chi connectivity index (χ3n) is 9.24. The van der Waals surface area contributed by atoms with E-state index in [2.05, 4.69) is 34.9 Å². The van der Waals surface area contributed by atoms with E-state index in [1.165, 1.54) is 9.80 Å². The summed E-state index contributed by atoms with van der Waals surface area (Å²) in [5.74, 6) is 0.393. The van der Waals surface area contributed by atoms with E-state index in [9.17, 15) is 19.2 Å². The molecule has 2 aliphatic rings. The molecule has 10 nitrogen and oxygen atoms in total. The number of hydrogen-bond acceptors (Lipinski definition) is 6.